The van der Waals surface area contributed by atoms with E-state index in [1.54, 1.807) is 6.07 Å². The lowest BCUT2D eigenvalue weighted by molar-refractivity contribution is -0.139. The number of aliphatic hydroxyl groups excluding tert-OH is 1. The molecule has 0 amide bonds. The van der Waals surface area contributed by atoms with E-state index in [9.17, 15) is 9.90 Å². The highest BCUT2D eigenvalue weighted by molar-refractivity contribution is 5.79. The van der Waals surface area contributed by atoms with Crippen LogP contribution in [0, 0.1) is 5.92 Å². The van der Waals surface area contributed by atoms with Crippen LogP contribution in [-0.2, 0) is 11.2 Å². The van der Waals surface area contributed by atoms with Gasteiger partial charge in [-0.2, -0.15) is 0 Å². The summed E-state index contributed by atoms with van der Waals surface area (Å²) < 4.78 is 11.8. The van der Waals surface area contributed by atoms with Crippen molar-refractivity contribution in [3.05, 3.63) is 102 Å². The largest absolute Gasteiger partial charge is 0.482 e. The summed E-state index contributed by atoms with van der Waals surface area (Å²) in [7, 11) is 0. The van der Waals surface area contributed by atoms with E-state index in [2.05, 4.69) is 0 Å². The lowest BCUT2D eigenvalue weighted by Crippen LogP contribution is -2.21. The van der Waals surface area contributed by atoms with Crippen molar-refractivity contribution in [2.75, 3.05) is 6.61 Å². The number of hydrogen-bond acceptors (Lipinski definition) is 5. The van der Waals surface area contributed by atoms with Crippen molar-refractivity contribution < 1.29 is 24.2 Å². The highest BCUT2D eigenvalue weighted by atomic mass is 16.5. The number of carboxylic acids is 1. The average Bonchev–Trinajstić information content (AvgIpc) is 3.34. The first kappa shape index (κ1) is 23.6. The number of aromatic nitrogens is 1. The number of nitrogens with zero attached hydrogens (tertiary/aromatic N) is 1. The lowest BCUT2D eigenvalue weighted by Gasteiger charge is -2.26. The standard InChI is InChI=1S/C30H27NO5/c32-24-14-15-26(23(18-24)16-20-8-7-13-25(17-20)35-19-27(33)34)30-31-28(21-9-3-1-4-10-21)29(36-30)22-11-5-2-6-12-22/h1-13,15,17,23-24,32H,14,16,18-19H2,(H,33,34)/t23-,24+/m1/s1. The summed E-state index contributed by atoms with van der Waals surface area (Å²) in [5.74, 6) is 0.739. The van der Waals surface area contributed by atoms with Crippen LogP contribution < -0.4 is 4.74 Å². The van der Waals surface area contributed by atoms with E-state index >= 15 is 0 Å². The van der Waals surface area contributed by atoms with Crippen molar-refractivity contribution in [2.45, 2.75) is 25.4 Å². The molecule has 1 aliphatic rings. The smallest absolute Gasteiger partial charge is 0.341 e. The van der Waals surface area contributed by atoms with Crippen molar-refractivity contribution in [1.29, 1.82) is 0 Å². The molecular weight excluding hydrogens is 454 g/mol. The topological polar surface area (TPSA) is 92.8 Å². The van der Waals surface area contributed by atoms with Gasteiger partial charge >= 0.3 is 5.97 Å². The molecule has 6 heteroatoms. The Kier molecular flexibility index (Phi) is 6.96. The molecular formula is C30H27NO5. The third-order valence-electron chi connectivity index (χ3n) is 6.31. The molecule has 0 bridgehead atoms. The minimum absolute atomic E-state index is 0.0191. The molecule has 2 atom stereocenters. The van der Waals surface area contributed by atoms with Crippen LogP contribution in [0.1, 0.15) is 24.3 Å². The predicted octanol–water partition coefficient (Wildman–Crippen LogP) is 5.87. The molecule has 6 nitrogen and oxygen atoms in total. The van der Waals surface area contributed by atoms with Crippen LogP contribution in [0.5, 0.6) is 5.75 Å². The highest BCUT2D eigenvalue weighted by Crippen LogP contribution is 2.40. The van der Waals surface area contributed by atoms with Gasteiger partial charge in [-0.05, 0) is 42.9 Å². The van der Waals surface area contributed by atoms with Gasteiger partial charge in [-0.3, -0.25) is 0 Å². The van der Waals surface area contributed by atoms with E-state index in [-0.39, 0.29) is 5.92 Å². The first-order valence-corrected chi connectivity index (χ1v) is 12.0. The molecule has 0 aliphatic heterocycles. The molecule has 0 saturated heterocycles. The van der Waals surface area contributed by atoms with Gasteiger partial charge in [0.05, 0.1) is 6.10 Å². The second-order valence-corrected chi connectivity index (χ2v) is 8.94. The fraction of sp³-hybridized carbons (Fsp3) is 0.200. The molecule has 5 rings (SSSR count). The Morgan fingerprint density at radius 1 is 0.972 bits per heavy atom. The van der Waals surface area contributed by atoms with Crippen molar-refractivity contribution in [2.24, 2.45) is 5.92 Å². The summed E-state index contributed by atoms with van der Waals surface area (Å²) in [5, 5.41) is 19.4. The maximum Gasteiger partial charge on any atom is 0.341 e. The number of aliphatic carboxylic acids is 1. The Bertz CT molecular complexity index is 1300. The summed E-state index contributed by atoms with van der Waals surface area (Å²) in [4.78, 5) is 15.8. The van der Waals surface area contributed by atoms with Gasteiger partial charge in [0.2, 0.25) is 5.89 Å². The number of benzene rings is 3. The fourth-order valence-electron chi connectivity index (χ4n) is 4.65. The lowest BCUT2D eigenvalue weighted by atomic mass is 9.82. The number of ether oxygens (including phenoxy) is 1. The van der Waals surface area contributed by atoms with E-state index in [4.69, 9.17) is 19.2 Å². The minimum Gasteiger partial charge on any atom is -0.482 e. The Hall–Kier alpha value is -4.16. The average molecular weight is 482 g/mol. The van der Waals surface area contributed by atoms with Crippen LogP contribution in [0.25, 0.3) is 28.2 Å². The Balaban J connectivity index is 1.49. The molecule has 1 heterocycles. The van der Waals surface area contributed by atoms with Crippen LogP contribution >= 0.6 is 0 Å². The van der Waals surface area contributed by atoms with Crippen LogP contribution in [0.15, 0.2) is 95.4 Å². The summed E-state index contributed by atoms with van der Waals surface area (Å²) >= 11 is 0. The molecule has 0 saturated carbocycles. The van der Waals surface area contributed by atoms with Crippen molar-refractivity contribution >= 4 is 11.5 Å². The fourth-order valence-corrected chi connectivity index (χ4v) is 4.65. The van der Waals surface area contributed by atoms with Gasteiger partial charge in [0.15, 0.2) is 12.4 Å². The summed E-state index contributed by atoms with van der Waals surface area (Å²) in [6.07, 6.45) is 3.34. The Labute approximate surface area is 209 Å². The maximum absolute atomic E-state index is 10.9. The molecule has 36 heavy (non-hydrogen) atoms. The van der Waals surface area contributed by atoms with Crippen molar-refractivity contribution in [1.82, 2.24) is 4.98 Å². The van der Waals surface area contributed by atoms with Gasteiger partial charge in [-0.1, -0.05) is 78.9 Å². The zero-order valence-electron chi connectivity index (χ0n) is 19.7. The molecule has 1 aliphatic carbocycles. The van der Waals surface area contributed by atoms with Crippen LogP contribution in [0.4, 0.5) is 0 Å². The molecule has 0 radical (unpaired) electrons. The molecule has 4 aromatic rings. The number of allylic oxidation sites excluding steroid dienone is 1. The summed E-state index contributed by atoms with van der Waals surface area (Å²) in [6, 6.07) is 27.3. The molecule has 1 aromatic heterocycles. The van der Waals surface area contributed by atoms with E-state index in [1.165, 1.54) is 0 Å². The monoisotopic (exact) mass is 481 g/mol. The minimum atomic E-state index is -1.02. The zero-order chi connectivity index (χ0) is 24.9. The van der Waals surface area contributed by atoms with Gasteiger partial charge in [-0.25, -0.2) is 9.78 Å². The number of hydrogen-bond donors (Lipinski definition) is 2. The van der Waals surface area contributed by atoms with E-state index in [0.29, 0.717) is 36.7 Å². The normalized spacial score (nSPS) is 17.4. The highest BCUT2D eigenvalue weighted by Gasteiger charge is 2.29. The Morgan fingerprint density at radius 3 is 2.42 bits per heavy atom. The van der Waals surface area contributed by atoms with Crippen LogP contribution in [0.2, 0.25) is 0 Å². The van der Waals surface area contributed by atoms with Crippen molar-refractivity contribution in [3.63, 3.8) is 0 Å². The van der Waals surface area contributed by atoms with Gasteiger partial charge in [0.25, 0.3) is 0 Å². The predicted molar refractivity (Wildman–Crippen MR) is 137 cm³/mol. The van der Waals surface area contributed by atoms with Gasteiger partial charge in [0.1, 0.15) is 11.4 Å². The van der Waals surface area contributed by atoms with E-state index in [0.717, 1.165) is 28.0 Å². The van der Waals surface area contributed by atoms with Crippen LogP contribution in [-0.4, -0.2) is 33.9 Å². The van der Waals surface area contributed by atoms with Crippen LogP contribution in [0.3, 0.4) is 0 Å². The van der Waals surface area contributed by atoms with Gasteiger partial charge in [0, 0.05) is 16.7 Å². The number of carbonyl (C=O) groups is 1. The third kappa shape index (κ3) is 5.39. The quantitative estimate of drug-likeness (QED) is 0.327. The number of carboxylic acid groups (broad SMARTS) is 1. The number of rotatable bonds is 8. The first-order valence-electron chi connectivity index (χ1n) is 12.0. The molecule has 3 aromatic carbocycles. The zero-order valence-corrected chi connectivity index (χ0v) is 19.7. The Morgan fingerprint density at radius 2 is 1.69 bits per heavy atom. The maximum atomic E-state index is 10.9. The number of oxazole rings is 1. The molecule has 0 spiro atoms. The van der Waals surface area contributed by atoms with E-state index in [1.807, 2.05) is 84.9 Å². The molecule has 182 valence electrons. The molecule has 2 N–H and O–H groups in total. The van der Waals surface area contributed by atoms with Gasteiger partial charge in [-0.15, -0.1) is 0 Å². The van der Waals surface area contributed by atoms with Gasteiger partial charge < -0.3 is 19.4 Å². The summed E-state index contributed by atoms with van der Waals surface area (Å²) in [6.45, 7) is -0.391. The SMILES string of the molecule is O=C(O)COc1cccc(C[C@@H]2C[C@@H](O)CC=C2c2nc(-c3ccccc3)c(-c3ccccc3)o2)c1. The number of aliphatic hydroxyl groups is 1. The molecule has 0 fully saturated rings. The first-order chi connectivity index (χ1) is 17.6. The second-order valence-electron chi connectivity index (χ2n) is 8.94. The summed E-state index contributed by atoms with van der Waals surface area (Å²) in [5.41, 5.74) is 4.66. The third-order valence-corrected chi connectivity index (χ3v) is 6.31. The second kappa shape index (κ2) is 10.6. The van der Waals surface area contributed by atoms with Crippen molar-refractivity contribution in [3.8, 4) is 28.3 Å². The molecule has 0 unspecified atom stereocenters. The van der Waals surface area contributed by atoms with E-state index < -0.39 is 18.7 Å².